The van der Waals surface area contributed by atoms with E-state index < -0.39 is 5.97 Å². The Morgan fingerprint density at radius 2 is 1.96 bits per heavy atom. The van der Waals surface area contributed by atoms with Crippen LogP contribution in [0.5, 0.6) is 0 Å². The molecule has 4 rings (SSSR count). The van der Waals surface area contributed by atoms with E-state index in [1.165, 1.54) is 5.56 Å². The summed E-state index contributed by atoms with van der Waals surface area (Å²) in [4.78, 5) is 21.4. The Morgan fingerprint density at radius 3 is 2.68 bits per heavy atom. The Morgan fingerprint density at radius 1 is 1.21 bits per heavy atom. The summed E-state index contributed by atoms with van der Waals surface area (Å²) in [7, 11) is 0. The average Bonchev–Trinajstić information content (AvgIpc) is 3.19. The number of benzene rings is 2. The molecule has 6 nitrogen and oxygen atoms in total. The Bertz CT molecular complexity index is 948. The summed E-state index contributed by atoms with van der Waals surface area (Å²) in [6, 6.07) is 15.4. The normalized spacial score (nSPS) is 17.5. The molecule has 6 heteroatoms. The zero-order valence-corrected chi connectivity index (χ0v) is 15.8. The van der Waals surface area contributed by atoms with Crippen LogP contribution in [0.4, 0.5) is 0 Å². The zero-order valence-electron chi connectivity index (χ0n) is 15.8. The van der Waals surface area contributed by atoms with Gasteiger partial charge in [0.2, 0.25) is 0 Å². The number of nitrogens with zero attached hydrogens (tertiary/aromatic N) is 2. The second kappa shape index (κ2) is 7.96. The number of aromatic amines is 1. The molecule has 0 amide bonds. The van der Waals surface area contributed by atoms with Gasteiger partial charge in [0, 0.05) is 13.1 Å². The van der Waals surface area contributed by atoms with Crippen molar-refractivity contribution in [1.82, 2.24) is 14.9 Å². The van der Waals surface area contributed by atoms with Crippen LogP contribution in [0.3, 0.4) is 0 Å². The molecule has 1 atom stereocenters. The van der Waals surface area contributed by atoms with Gasteiger partial charge in [-0.2, -0.15) is 0 Å². The minimum Gasteiger partial charge on any atom is -0.478 e. The molecule has 144 valence electrons. The topological polar surface area (TPSA) is 78.4 Å². The smallest absolute Gasteiger partial charge is 0.335 e. The van der Waals surface area contributed by atoms with Crippen LogP contribution in [-0.4, -0.2) is 45.7 Å². The van der Waals surface area contributed by atoms with Gasteiger partial charge < -0.3 is 14.8 Å². The molecule has 2 heterocycles. The van der Waals surface area contributed by atoms with Gasteiger partial charge in [-0.3, -0.25) is 4.90 Å². The van der Waals surface area contributed by atoms with Crippen LogP contribution < -0.4 is 0 Å². The number of carbonyl (C=O) groups is 1. The molecule has 1 fully saturated rings. The molecule has 0 saturated carbocycles. The highest BCUT2D eigenvalue weighted by Gasteiger charge is 2.27. The summed E-state index contributed by atoms with van der Waals surface area (Å²) in [5, 5.41) is 9.06. The van der Waals surface area contributed by atoms with Crippen LogP contribution in [0.15, 0.2) is 54.7 Å². The number of aryl methyl sites for hydroxylation is 1. The van der Waals surface area contributed by atoms with Gasteiger partial charge >= 0.3 is 5.97 Å². The third-order valence-electron chi connectivity index (χ3n) is 5.10. The monoisotopic (exact) mass is 377 g/mol. The fraction of sp³-hybridized carbons (Fsp3) is 0.273. The van der Waals surface area contributed by atoms with E-state index >= 15 is 0 Å². The van der Waals surface area contributed by atoms with Crippen LogP contribution >= 0.6 is 0 Å². The molecule has 2 N–H and O–H groups in total. The van der Waals surface area contributed by atoms with Gasteiger partial charge in [0.25, 0.3) is 0 Å². The number of morpholine rings is 1. The van der Waals surface area contributed by atoms with E-state index in [0.29, 0.717) is 25.3 Å². The van der Waals surface area contributed by atoms with Crippen molar-refractivity contribution in [1.29, 1.82) is 0 Å². The number of aromatic nitrogens is 2. The van der Waals surface area contributed by atoms with Crippen LogP contribution in [0, 0.1) is 6.92 Å². The summed E-state index contributed by atoms with van der Waals surface area (Å²) < 4.78 is 5.71. The zero-order chi connectivity index (χ0) is 19.5. The highest BCUT2D eigenvalue weighted by Crippen LogP contribution is 2.26. The van der Waals surface area contributed by atoms with Gasteiger partial charge in [0.15, 0.2) is 0 Å². The molecule has 1 aliphatic rings. The lowest BCUT2D eigenvalue weighted by molar-refractivity contribution is -0.0156. The third-order valence-corrected chi connectivity index (χ3v) is 5.10. The van der Waals surface area contributed by atoms with Crippen LogP contribution in [-0.2, 0) is 11.3 Å². The number of ether oxygens (including phenoxy) is 1. The highest BCUT2D eigenvalue weighted by atomic mass is 16.5. The molecule has 2 aromatic carbocycles. The molecule has 0 spiro atoms. The number of H-pyrrole nitrogens is 1. The first kappa shape index (κ1) is 18.4. The number of imidazole rings is 1. The van der Waals surface area contributed by atoms with Crippen molar-refractivity contribution < 1.29 is 14.6 Å². The van der Waals surface area contributed by atoms with Crippen molar-refractivity contribution in [2.75, 3.05) is 19.8 Å². The average molecular weight is 377 g/mol. The Hall–Kier alpha value is -2.96. The van der Waals surface area contributed by atoms with Crippen LogP contribution in [0.1, 0.15) is 33.4 Å². The molecular formula is C22H23N3O3. The summed E-state index contributed by atoms with van der Waals surface area (Å²) in [5.41, 5.74) is 4.70. The van der Waals surface area contributed by atoms with Gasteiger partial charge in [0.1, 0.15) is 5.82 Å². The van der Waals surface area contributed by atoms with Crippen molar-refractivity contribution >= 4 is 5.97 Å². The number of rotatable bonds is 5. The number of hydrogen-bond acceptors (Lipinski definition) is 4. The molecule has 3 aromatic rings. The Labute approximate surface area is 163 Å². The van der Waals surface area contributed by atoms with Crippen molar-refractivity contribution in [3.8, 4) is 11.3 Å². The van der Waals surface area contributed by atoms with Crippen molar-refractivity contribution in [3.05, 3.63) is 77.2 Å². The molecule has 28 heavy (non-hydrogen) atoms. The summed E-state index contributed by atoms with van der Waals surface area (Å²) >= 11 is 0. The predicted octanol–water partition coefficient (Wildman–Crippen LogP) is 3.66. The summed E-state index contributed by atoms with van der Waals surface area (Å²) in [5.74, 6) is -0.0209. The van der Waals surface area contributed by atoms with E-state index in [9.17, 15) is 4.79 Å². The quantitative estimate of drug-likeness (QED) is 0.709. The largest absolute Gasteiger partial charge is 0.478 e. The van der Waals surface area contributed by atoms with Gasteiger partial charge in [-0.1, -0.05) is 42.0 Å². The number of aromatic carboxylic acids is 1. The maximum absolute atomic E-state index is 11.0. The maximum Gasteiger partial charge on any atom is 0.335 e. The fourth-order valence-corrected chi connectivity index (χ4v) is 3.45. The van der Waals surface area contributed by atoms with Crippen LogP contribution in [0.2, 0.25) is 0 Å². The number of carboxylic acids is 1. The second-order valence-corrected chi connectivity index (χ2v) is 7.11. The number of nitrogens with one attached hydrogen (secondary N) is 1. The third kappa shape index (κ3) is 3.98. The van der Waals surface area contributed by atoms with Gasteiger partial charge in [0.05, 0.1) is 36.7 Å². The Kier molecular flexibility index (Phi) is 5.23. The van der Waals surface area contributed by atoms with E-state index in [0.717, 1.165) is 29.2 Å². The lowest BCUT2D eigenvalue weighted by Gasteiger charge is -2.34. The minimum atomic E-state index is -0.907. The lowest BCUT2D eigenvalue weighted by Crippen LogP contribution is -2.39. The van der Waals surface area contributed by atoms with Crippen molar-refractivity contribution in [2.24, 2.45) is 0 Å². The van der Waals surface area contributed by atoms with Crippen LogP contribution in [0.25, 0.3) is 11.3 Å². The molecule has 1 saturated heterocycles. The fourth-order valence-electron chi connectivity index (χ4n) is 3.45. The number of hydrogen-bond donors (Lipinski definition) is 2. The Balaban J connectivity index is 1.52. The molecule has 0 radical (unpaired) electrons. The molecule has 1 aliphatic heterocycles. The summed E-state index contributed by atoms with van der Waals surface area (Å²) in [6.07, 6.45) is 1.87. The highest BCUT2D eigenvalue weighted by molar-refractivity contribution is 5.87. The molecule has 0 aliphatic carbocycles. The number of carboxylic acid groups (broad SMARTS) is 1. The van der Waals surface area contributed by atoms with Crippen molar-refractivity contribution in [2.45, 2.75) is 19.5 Å². The van der Waals surface area contributed by atoms with Gasteiger partial charge in [-0.25, -0.2) is 9.78 Å². The first-order valence-electron chi connectivity index (χ1n) is 9.36. The lowest BCUT2D eigenvalue weighted by atomic mass is 10.1. The van der Waals surface area contributed by atoms with E-state index in [-0.39, 0.29) is 6.04 Å². The first-order valence-corrected chi connectivity index (χ1v) is 9.36. The standard InChI is InChI=1S/C22H23N3O3/c1-15-2-6-17(7-3-15)19-12-23-21(24-19)20-14-28-11-10-25(20)13-16-4-8-18(9-5-16)22(26)27/h2-9,12,20H,10-11,13-14H2,1H3,(H,23,24)(H,26,27). The van der Waals surface area contributed by atoms with Crippen molar-refractivity contribution in [3.63, 3.8) is 0 Å². The van der Waals surface area contributed by atoms with E-state index in [2.05, 4.69) is 46.1 Å². The molecule has 1 aromatic heterocycles. The molecule has 1 unspecified atom stereocenters. The van der Waals surface area contributed by atoms with Gasteiger partial charge in [-0.05, 0) is 30.2 Å². The van der Waals surface area contributed by atoms with E-state index in [1.54, 1.807) is 12.1 Å². The van der Waals surface area contributed by atoms with Gasteiger partial charge in [-0.15, -0.1) is 0 Å². The van der Waals surface area contributed by atoms with E-state index in [4.69, 9.17) is 9.84 Å². The second-order valence-electron chi connectivity index (χ2n) is 7.11. The SMILES string of the molecule is Cc1ccc(-c2cnc(C3COCCN3Cc3ccc(C(=O)O)cc3)[nH]2)cc1. The molecular weight excluding hydrogens is 354 g/mol. The summed E-state index contributed by atoms with van der Waals surface area (Å²) in [6.45, 7) is 4.84. The maximum atomic E-state index is 11.0. The van der Waals surface area contributed by atoms with E-state index in [1.807, 2.05) is 18.3 Å². The first-order chi connectivity index (χ1) is 13.6. The minimum absolute atomic E-state index is 0.0344. The predicted molar refractivity (Wildman–Crippen MR) is 106 cm³/mol. The molecule has 0 bridgehead atoms.